The SMILES string of the molecule is CCCc1ccc(-c2nc3sc(CCC)nn3c2CO)cc1. The summed E-state index contributed by atoms with van der Waals surface area (Å²) in [5.41, 5.74) is 3.99. The van der Waals surface area contributed by atoms with Gasteiger partial charge in [-0.25, -0.2) is 9.50 Å². The first kappa shape index (κ1) is 15.2. The third-order valence-corrected chi connectivity index (χ3v) is 4.69. The highest BCUT2D eigenvalue weighted by Crippen LogP contribution is 2.28. The van der Waals surface area contributed by atoms with E-state index in [1.165, 1.54) is 5.56 Å². The fourth-order valence-electron chi connectivity index (χ4n) is 2.64. The van der Waals surface area contributed by atoms with Crippen LogP contribution in [0.3, 0.4) is 0 Å². The van der Waals surface area contributed by atoms with E-state index in [1.54, 1.807) is 15.9 Å². The number of aromatic nitrogens is 3. The van der Waals surface area contributed by atoms with E-state index >= 15 is 0 Å². The van der Waals surface area contributed by atoms with Gasteiger partial charge in [0.25, 0.3) is 0 Å². The van der Waals surface area contributed by atoms with Gasteiger partial charge in [0.05, 0.1) is 18.0 Å². The van der Waals surface area contributed by atoms with Crippen molar-refractivity contribution in [3.63, 3.8) is 0 Å². The maximum atomic E-state index is 9.75. The number of benzene rings is 1. The first-order chi connectivity index (χ1) is 10.8. The van der Waals surface area contributed by atoms with Crippen molar-refractivity contribution in [2.75, 3.05) is 0 Å². The molecule has 0 atom stereocenters. The lowest BCUT2D eigenvalue weighted by atomic mass is 10.1. The molecular formula is C17H21N3OS. The highest BCUT2D eigenvalue weighted by Gasteiger charge is 2.17. The second-order valence-corrected chi connectivity index (χ2v) is 6.49. The van der Waals surface area contributed by atoms with E-state index in [1.807, 2.05) is 0 Å². The smallest absolute Gasteiger partial charge is 0.213 e. The number of aryl methyl sites for hydroxylation is 2. The summed E-state index contributed by atoms with van der Waals surface area (Å²) in [6, 6.07) is 8.46. The number of aliphatic hydroxyl groups is 1. The van der Waals surface area contributed by atoms with Gasteiger partial charge in [-0.15, -0.1) is 0 Å². The number of hydrogen-bond donors (Lipinski definition) is 1. The number of nitrogens with zero attached hydrogens (tertiary/aromatic N) is 3. The molecule has 0 saturated carbocycles. The van der Waals surface area contributed by atoms with Crippen molar-refractivity contribution in [2.45, 2.75) is 46.1 Å². The van der Waals surface area contributed by atoms with Crippen LogP contribution in [0.2, 0.25) is 0 Å². The molecule has 5 heteroatoms. The van der Waals surface area contributed by atoms with Crippen molar-refractivity contribution < 1.29 is 5.11 Å². The summed E-state index contributed by atoms with van der Waals surface area (Å²) in [6.45, 7) is 4.27. The molecule has 2 heterocycles. The number of hydrogen-bond acceptors (Lipinski definition) is 4. The molecule has 0 bridgehead atoms. The van der Waals surface area contributed by atoms with Crippen LogP contribution in [-0.2, 0) is 19.4 Å². The van der Waals surface area contributed by atoms with Crippen molar-refractivity contribution in [3.8, 4) is 11.3 Å². The molecule has 0 spiro atoms. The number of aliphatic hydroxyl groups excluding tert-OH is 1. The Hall–Kier alpha value is -1.72. The lowest BCUT2D eigenvalue weighted by molar-refractivity contribution is 0.275. The largest absolute Gasteiger partial charge is 0.390 e. The molecule has 3 rings (SSSR count). The maximum Gasteiger partial charge on any atom is 0.213 e. The van der Waals surface area contributed by atoms with E-state index in [9.17, 15) is 5.11 Å². The average molecular weight is 315 g/mol. The van der Waals surface area contributed by atoms with Gasteiger partial charge in [-0.2, -0.15) is 5.10 Å². The highest BCUT2D eigenvalue weighted by molar-refractivity contribution is 7.16. The van der Waals surface area contributed by atoms with Gasteiger partial charge in [-0.3, -0.25) is 0 Å². The number of rotatable bonds is 6. The van der Waals surface area contributed by atoms with Gasteiger partial charge in [-0.1, -0.05) is 55.9 Å². The normalized spacial score (nSPS) is 11.4. The lowest BCUT2D eigenvalue weighted by Crippen LogP contribution is -1.97. The van der Waals surface area contributed by atoms with E-state index in [2.05, 4.69) is 43.2 Å². The van der Waals surface area contributed by atoms with E-state index in [-0.39, 0.29) is 6.61 Å². The first-order valence-corrected chi connectivity index (χ1v) is 8.66. The van der Waals surface area contributed by atoms with Crippen LogP contribution in [0.5, 0.6) is 0 Å². The summed E-state index contributed by atoms with van der Waals surface area (Å²) in [4.78, 5) is 5.55. The molecule has 3 aromatic rings. The Morgan fingerprint density at radius 1 is 1.09 bits per heavy atom. The zero-order valence-electron chi connectivity index (χ0n) is 13.0. The Bertz CT molecular complexity index is 758. The molecule has 116 valence electrons. The summed E-state index contributed by atoms with van der Waals surface area (Å²) < 4.78 is 1.80. The Labute approximate surface area is 134 Å². The summed E-state index contributed by atoms with van der Waals surface area (Å²) >= 11 is 1.61. The van der Waals surface area contributed by atoms with Crippen molar-refractivity contribution in [2.24, 2.45) is 0 Å². The highest BCUT2D eigenvalue weighted by atomic mass is 32.1. The van der Waals surface area contributed by atoms with Gasteiger partial charge >= 0.3 is 0 Å². The zero-order chi connectivity index (χ0) is 15.5. The molecule has 0 aliphatic rings. The van der Waals surface area contributed by atoms with E-state index < -0.39 is 0 Å². The van der Waals surface area contributed by atoms with Crippen LogP contribution >= 0.6 is 11.3 Å². The molecule has 0 amide bonds. The molecule has 0 fully saturated rings. The van der Waals surface area contributed by atoms with Gasteiger partial charge in [0.15, 0.2) is 0 Å². The van der Waals surface area contributed by atoms with E-state index in [4.69, 9.17) is 4.98 Å². The van der Waals surface area contributed by atoms with Crippen LogP contribution in [0.15, 0.2) is 24.3 Å². The van der Waals surface area contributed by atoms with Gasteiger partial charge in [0, 0.05) is 12.0 Å². The summed E-state index contributed by atoms with van der Waals surface area (Å²) in [5, 5.41) is 15.4. The third-order valence-electron chi connectivity index (χ3n) is 3.72. The molecule has 0 aliphatic heterocycles. The molecule has 0 aliphatic carbocycles. The third kappa shape index (κ3) is 2.78. The zero-order valence-corrected chi connectivity index (χ0v) is 13.9. The van der Waals surface area contributed by atoms with Gasteiger partial charge < -0.3 is 5.11 Å². The Morgan fingerprint density at radius 3 is 2.45 bits per heavy atom. The molecule has 0 unspecified atom stereocenters. The fourth-order valence-corrected chi connectivity index (χ4v) is 3.65. The van der Waals surface area contributed by atoms with Crippen molar-refractivity contribution in [3.05, 3.63) is 40.5 Å². The molecule has 22 heavy (non-hydrogen) atoms. The number of fused-ring (bicyclic) bond motifs is 1. The minimum atomic E-state index is -0.0531. The van der Waals surface area contributed by atoms with Crippen molar-refractivity contribution >= 4 is 16.3 Å². The molecule has 1 aromatic carbocycles. The Kier molecular flexibility index (Phi) is 4.55. The Balaban J connectivity index is 2.00. The summed E-state index contributed by atoms with van der Waals surface area (Å²) in [5.74, 6) is 0. The molecule has 2 aromatic heterocycles. The molecule has 4 nitrogen and oxygen atoms in total. The standard InChI is InChI=1S/C17H21N3OS/c1-3-5-12-7-9-13(10-8-12)16-14(11-21)20-17(18-16)22-15(19-20)6-4-2/h7-10,21H,3-6,11H2,1-2H3. The van der Waals surface area contributed by atoms with Crippen LogP contribution in [-0.4, -0.2) is 19.7 Å². The minimum absolute atomic E-state index is 0.0531. The monoisotopic (exact) mass is 315 g/mol. The molecule has 0 radical (unpaired) electrons. The van der Waals surface area contributed by atoms with Crippen LogP contribution < -0.4 is 0 Å². The fraction of sp³-hybridized carbons (Fsp3) is 0.412. The predicted molar refractivity (Wildman–Crippen MR) is 90.2 cm³/mol. The Morgan fingerprint density at radius 2 is 1.82 bits per heavy atom. The van der Waals surface area contributed by atoms with Gasteiger partial charge in [0.1, 0.15) is 5.01 Å². The van der Waals surface area contributed by atoms with Crippen LogP contribution in [0.25, 0.3) is 16.2 Å². The minimum Gasteiger partial charge on any atom is -0.390 e. The number of imidazole rings is 1. The average Bonchev–Trinajstić information content (AvgIpc) is 3.05. The quantitative estimate of drug-likeness (QED) is 0.751. The molecule has 1 N–H and O–H groups in total. The second kappa shape index (κ2) is 6.58. The maximum absolute atomic E-state index is 9.75. The second-order valence-electron chi connectivity index (χ2n) is 5.45. The van der Waals surface area contributed by atoms with Gasteiger partial charge in [-0.05, 0) is 18.4 Å². The topological polar surface area (TPSA) is 50.4 Å². The van der Waals surface area contributed by atoms with Crippen molar-refractivity contribution in [1.82, 2.24) is 14.6 Å². The van der Waals surface area contributed by atoms with E-state index in [0.29, 0.717) is 0 Å². The van der Waals surface area contributed by atoms with Gasteiger partial charge in [0.2, 0.25) is 4.96 Å². The van der Waals surface area contributed by atoms with Crippen LogP contribution in [0.4, 0.5) is 0 Å². The molecular weight excluding hydrogens is 294 g/mol. The van der Waals surface area contributed by atoms with Crippen molar-refractivity contribution in [1.29, 1.82) is 0 Å². The predicted octanol–water partition coefficient (Wildman–Crippen LogP) is 3.86. The first-order valence-electron chi connectivity index (χ1n) is 7.84. The van der Waals surface area contributed by atoms with E-state index in [0.717, 1.165) is 52.6 Å². The lowest BCUT2D eigenvalue weighted by Gasteiger charge is -2.03. The summed E-state index contributed by atoms with van der Waals surface area (Å²) in [6.07, 6.45) is 4.26. The van der Waals surface area contributed by atoms with Crippen LogP contribution in [0, 0.1) is 0 Å². The molecule has 0 saturated heterocycles. The van der Waals surface area contributed by atoms with Crippen LogP contribution in [0.1, 0.15) is 43.0 Å². The summed E-state index contributed by atoms with van der Waals surface area (Å²) in [7, 11) is 0.